The van der Waals surface area contributed by atoms with E-state index >= 15 is 0 Å². The van der Waals surface area contributed by atoms with Crippen LogP contribution in [-0.2, 0) is 11.3 Å². The lowest BCUT2D eigenvalue weighted by atomic mass is 9.97. The van der Waals surface area contributed by atoms with Gasteiger partial charge in [-0.05, 0) is 36.8 Å². The molecule has 1 fully saturated rings. The Hall–Kier alpha value is -3.06. The van der Waals surface area contributed by atoms with Crippen LogP contribution in [0, 0.1) is 0 Å². The monoisotopic (exact) mass is 394 g/mol. The first-order valence-corrected chi connectivity index (χ1v) is 9.76. The van der Waals surface area contributed by atoms with Crippen LogP contribution in [0.5, 0.6) is 11.5 Å². The van der Waals surface area contributed by atoms with Gasteiger partial charge in [0.2, 0.25) is 5.91 Å². The fourth-order valence-electron chi connectivity index (χ4n) is 3.66. The molecule has 29 heavy (non-hydrogen) atoms. The molecule has 2 heterocycles. The third-order valence-corrected chi connectivity index (χ3v) is 5.55. The highest BCUT2D eigenvalue weighted by Gasteiger charge is 2.35. The standard InChI is InChI=1S/C22H26N4O3/c1-14(22(27)23-11-15-8-9-19(28-2)20(10-15)29-3)26-12-16(13-26)21-24-17-6-4-5-7-18(17)25-21/h4-10,14,16H,11-13H2,1-3H3,(H,23,27)(H,24,25). The van der Waals surface area contributed by atoms with Crippen molar-refractivity contribution >= 4 is 16.9 Å². The summed E-state index contributed by atoms with van der Waals surface area (Å²) in [6.45, 7) is 4.04. The van der Waals surface area contributed by atoms with E-state index in [1.54, 1.807) is 14.2 Å². The molecule has 1 saturated heterocycles. The minimum atomic E-state index is -0.184. The Morgan fingerprint density at radius 2 is 1.97 bits per heavy atom. The van der Waals surface area contributed by atoms with Crippen LogP contribution < -0.4 is 14.8 Å². The van der Waals surface area contributed by atoms with Crippen molar-refractivity contribution in [3.8, 4) is 11.5 Å². The van der Waals surface area contributed by atoms with E-state index in [1.165, 1.54) is 0 Å². The maximum Gasteiger partial charge on any atom is 0.237 e. The zero-order valence-corrected chi connectivity index (χ0v) is 16.9. The van der Waals surface area contributed by atoms with Crippen LogP contribution in [0.15, 0.2) is 42.5 Å². The Morgan fingerprint density at radius 3 is 2.69 bits per heavy atom. The quantitative estimate of drug-likeness (QED) is 0.644. The van der Waals surface area contributed by atoms with E-state index < -0.39 is 0 Å². The molecular formula is C22H26N4O3. The van der Waals surface area contributed by atoms with Crippen LogP contribution in [-0.4, -0.2) is 54.1 Å². The van der Waals surface area contributed by atoms with Crippen molar-refractivity contribution in [3.63, 3.8) is 0 Å². The van der Waals surface area contributed by atoms with E-state index in [0.29, 0.717) is 24.0 Å². The number of aromatic nitrogens is 2. The second kappa shape index (κ2) is 8.13. The summed E-state index contributed by atoms with van der Waals surface area (Å²) < 4.78 is 10.6. The Balaban J connectivity index is 1.30. The number of likely N-dealkylation sites (tertiary alicyclic amines) is 1. The van der Waals surface area contributed by atoms with Crippen LogP contribution in [0.25, 0.3) is 11.0 Å². The van der Waals surface area contributed by atoms with E-state index in [1.807, 2.05) is 49.4 Å². The number of nitrogens with one attached hydrogen (secondary N) is 2. The van der Waals surface area contributed by atoms with Gasteiger partial charge in [-0.1, -0.05) is 18.2 Å². The second-order valence-electron chi connectivity index (χ2n) is 7.37. The molecule has 2 N–H and O–H groups in total. The van der Waals surface area contributed by atoms with Gasteiger partial charge in [-0.15, -0.1) is 0 Å². The average Bonchev–Trinajstić information content (AvgIpc) is 3.14. The lowest BCUT2D eigenvalue weighted by molar-refractivity contribution is -0.127. The topological polar surface area (TPSA) is 79.5 Å². The predicted octanol–water partition coefficient (Wildman–Crippen LogP) is 2.68. The number of hydrogen-bond acceptors (Lipinski definition) is 5. The molecule has 0 bridgehead atoms. The number of nitrogens with zero attached hydrogens (tertiary/aromatic N) is 2. The third kappa shape index (κ3) is 3.91. The summed E-state index contributed by atoms with van der Waals surface area (Å²) >= 11 is 0. The first-order valence-electron chi connectivity index (χ1n) is 9.76. The van der Waals surface area contributed by atoms with Crippen molar-refractivity contribution in [2.75, 3.05) is 27.3 Å². The Morgan fingerprint density at radius 1 is 1.21 bits per heavy atom. The molecule has 0 spiro atoms. The van der Waals surface area contributed by atoms with Gasteiger partial charge in [0.05, 0.1) is 31.3 Å². The summed E-state index contributed by atoms with van der Waals surface area (Å²) in [5.41, 5.74) is 3.01. The molecule has 0 saturated carbocycles. The second-order valence-corrected chi connectivity index (χ2v) is 7.37. The molecule has 1 aliphatic heterocycles. The summed E-state index contributed by atoms with van der Waals surface area (Å²) in [5.74, 6) is 2.68. The number of carbonyl (C=O) groups is 1. The molecule has 4 rings (SSSR count). The molecule has 0 aliphatic carbocycles. The number of H-pyrrole nitrogens is 1. The molecule has 7 heteroatoms. The fraction of sp³-hybridized carbons (Fsp3) is 0.364. The van der Waals surface area contributed by atoms with Crippen molar-refractivity contribution < 1.29 is 14.3 Å². The number of aromatic amines is 1. The predicted molar refractivity (Wildman–Crippen MR) is 111 cm³/mol. The SMILES string of the molecule is COc1ccc(CNC(=O)C(C)N2CC(c3nc4ccccc4[nH]3)C2)cc1OC. The van der Waals surface area contributed by atoms with Crippen LogP contribution in [0.2, 0.25) is 0 Å². The van der Waals surface area contributed by atoms with Crippen molar-refractivity contribution in [2.24, 2.45) is 0 Å². The van der Waals surface area contributed by atoms with Gasteiger partial charge in [-0.2, -0.15) is 0 Å². The number of rotatable bonds is 7. The summed E-state index contributed by atoms with van der Waals surface area (Å²) in [5, 5.41) is 3.01. The van der Waals surface area contributed by atoms with E-state index in [0.717, 1.165) is 35.5 Å². The van der Waals surface area contributed by atoms with Gasteiger partial charge >= 0.3 is 0 Å². The van der Waals surface area contributed by atoms with Gasteiger partial charge < -0.3 is 19.8 Å². The van der Waals surface area contributed by atoms with Crippen LogP contribution >= 0.6 is 0 Å². The number of para-hydroxylation sites is 2. The highest BCUT2D eigenvalue weighted by Crippen LogP contribution is 2.29. The summed E-state index contributed by atoms with van der Waals surface area (Å²) in [6, 6.07) is 13.5. The number of benzene rings is 2. The normalized spacial score (nSPS) is 15.7. The van der Waals surface area contributed by atoms with E-state index in [4.69, 9.17) is 9.47 Å². The molecule has 7 nitrogen and oxygen atoms in total. The Labute approximate surface area is 170 Å². The zero-order chi connectivity index (χ0) is 20.4. The maximum atomic E-state index is 12.6. The van der Waals surface area contributed by atoms with Crippen LogP contribution in [0.4, 0.5) is 0 Å². The molecule has 3 aromatic rings. The number of ether oxygens (including phenoxy) is 2. The number of hydrogen-bond donors (Lipinski definition) is 2. The third-order valence-electron chi connectivity index (χ3n) is 5.55. The van der Waals surface area contributed by atoms with Crippen molar-refractivity contribution in [1.29, 1.82) is 0 Å². The molecule has 0 radical (unpaired) electrons. The van der Waals surface area contributed by atoms with Crippen molar-refractivity contribution in [1.82, 2.24) is 20.2 Å². The summed E-state index contributed by atoms with van der Waals surface area (Å²) in [7, 11) is 3.21. The Kier molecular flexibility index (Phi) is 5.40. The van der Waals surface area contributed by atoms with Gasteiger partial charge in [-0.25, -0.2) is 4.98 Å². The molecule has 1 unspecified atom stereocenters. The van der Waals surface area contributed by atoms with Gasteiger partial charge in [0, 0.05) is 25.6 Å². The van der Waals surface area contributed by atoms with Crippen molar-refractivity contribution in [2.45, 2.75) is 25.4 Å². The first-order chi connectivity index (χ1) is 14.1. The summed E-state index contributed by atoms with van der Waals surface area (Å²) in [6.07, 6.45) is 0. The maximum absolute atomic E-state index is 12.6. The van der Waals surface area contributed by atoms with E-state index in [2.05, 4.69) is 20.2 Å². The zero-order valence-electron chi connectivity index (χ0n) is 16.9. The molecule has 152 valence electrons. The van der Waals surface area contributed by atoms with E-state index in [-0.39, 0.29) is 11.9 Å². The molecular weight excluding hydrogens is 368 g/mol. The molecule has 1 amide bonds. The number of amides is 1. The van der Waals surface area contributed by atoms with Gasteiger partial charge in [-0.3, -0.25) is 9.69 Å². The number of methoxy groups -OCH3 is 2. The molecule has 2 aromatic carbocycles. The van der Waals surface area contributed by atoms with E-state index in [9.17, 15) is 4.79 Å². The molecule has 1 aliphatic rings. The minimum Gasteiger partial charge on any atom is -0.493 e. The van der Waals surface area contributed by atoms with Gasteiger partial charge in [0.15, 0.2) is 11.5 Å². The number of carbonyl (C=O) groups excluding carboxylic acids is 1. The number of fused-ring (bicyclic) bond motifs is 1. The first kappa shape index (κ1) is 19.3. The average molecular weight is 394 g/mol. The smallest absolute Gasteiger partial charge is 0.237 e. The minimum absolute atomic E-state index is 0.0165. The highest BCUT2D eigenvalue weighted by atomic mass is 16.5. The largest absolute Gasteiger partial charge is 0.493 e. The summed E-state index contributed by atoms with van der Waals surface area (Å²) in [4.78, 5) is 22.8. The molecule has 1 aromatic heterocycles. The van der Waals surface area contributed by atoms with Crippen LogP contribution in [0.3, 0.4) is 0 Å². The van der Waals surface area contributed by atoms with Crippen LogP contribution in [0.1, 0.15) is 24.2 Å². The fourth-order valence-corrected chi connectivity index (χ4v) is 3.66. The lowest BCUT2D eigenvalue weighted by Crippen LogP contribution is -2.55. The lowest BCUT2D eigenvalue weighted by Gasteiger charge is -2.41. The Bertz CT molecular complexity index is 977. The molecule has 1 atom stereocenters. The van der Waals surface area contributed by atoms with Crippen molar-refractivity contribution in [3.05, 3.63) is 53.9 Å². The van der Waals surface area contributed by atoms with Gasteiger partial charge in [0.1, 0.15) is 5.82 Å². The highest BCUT2D eigenvalue weighted by molar-refractivity contribution is 5.81. The van der Waals surface area contributed by atoms with Gasteiger partial charge in [0.25, 0.3) is 0 Å². The number of imidazole rings is 1.